The zero-order chi connectivity index (χ0) is 12.3. The lowest BCUT2D eigenvalue weighted by Gasteiger charge is -2.09. The molecule has 17 heavy (non-hydrogen) atoms. The number of carbonyl (C=O) groups excluding carboxylic acids is 1. The second kappa shape index (κ2) is 4.78. The zero-order valence-corrected chi connectivity index (χ0v) is 9.31. The van der Waals surface area contributed by atoms with Gasteiger partial charge in [0.05, 0.1) is 12.7 Å². The Morgan fingerprint density at radius 3 is 2.65 bits per heavy atom. The van der Waals surface area contributed by atoms with Crippen molar-refractivity contribution in [2.75, 3.05) is 7.11 Å². The smallest absolute Gasteiger partial charge is 0.150 e. The third-order valence-corrected chi connectivity index (χ3v) is 2.51. The molecule has 0 aliphatic heterocycles. The average Bonchev–Trinajstić information content (AvgIpc) is 2.38. The fourth-order valence-corrected chi connectivity index (χ4v) is 1.72. The molecule has 0 N–H and O–H groups in total. The van der Waals surface area contributed by atoms with E-state index in [0.29, 0.717) is 22.4 Å². The van der Waals surface area contributed by atoms with E-state index in [2.05, 4.69) is 0 Å². The predicted octanol–water partition coefficient (Wildman–Crippen LogP) is 3.31. The minimum absolute atomic E-state index is 0.368. The highest BCUT2D eigenvalue weighted by Crippen LogP contribution is 2.32. The molecule has 0 bridgehead atoms. The van der Waals surface area contributed by atoms with Crippen LogP contribution < -0.4 is 4.74 Å². The topological polar surface area (TPSA) is 26.3 Å². The molecular formula is C14H11FO2. The molecular weight excluding hydrogens is 219 g/mol. The number of methoxy groups -OCH3 is 1. The Hall–Kier alpha value is -2.16. The van der Waals surface area contributed by atoms with Crippen LogP contribution in [0.5, 0.6) is 5.75 Å². The Kier molecular flexibility index (Phi) is 3.19. The van der Waals surface area contributed by atoms with Crippen LogP contribution in [0.25, 0.3) is 11.1 Å². The summed E-state index contributed by atoms with van der Waals surface area (Å²) in [6, 6.07) is 11.4. The molecule has 0 saturated heterocycles. The molecule has 0 unspecified atom stereocenters. The van der Waals surface area contributed by atoms with Crippen LogP contribution in [0.2, 0.25) is 0 Å². The van der Waals surface area contributed by atoms with Gasteiger partial charge in [-0.3, -0.25) is 4.79 Å². The van der Waals surface area contributed by atoms with Crippen molar-refractivity contribution in [1.29, 1.82) is 0 Å². The fourth-order valence-electron chi connectivity index (χ4n) is 1.72. The van der Waals surface area contributed by atoms with Crippen LogP contribution in [0.4, 0.5) is 4.39 Å². The number of halogens is 1. The summed E-state index contributed by atoms with van der Waals surface area (Å²) in [5.41, 5.74) is 1.51. The van der Waals surface area contributed by atoms with Crippen molar-refractivity contribution in [3.05, 3.63) is 53.8 Å². The highest BCUT2D eigenvalue weighted by molar-refractivity contribution is 5.80. The molecule has 0 atom stereocenters. The van der Waals surface area contributed by atoms with Crippen molar-refractivity contribution < 1.29 is 13.9 Å². The van der Waals surface area contributed by atoms with Crippen LogP contribution in [0.15, 0.2) is 42.5 Å². The van der Waals surface area contributed by atoms with Crippen molar-refractivity contribution in [1.82, 2.24) is 0 Å². The number of carbonyl (C=O) groups is 1. The van der Waals surface area contributed by atoms with Crippen molar-refractivity contribution in [2.45, 2.75) is 0 Å². The summed E-state index contributed by atoms with van der Waals surface area (Å²) in [7, 11) is 1.49. The van der Waals surface area contributed by atoms with E-state index in [-0.39, 0.29) is 5.82 Å². The van der Waals surface area contributed by atoms with Crippen LogP contribution in [-0.2, 0) is 0 Å². The van der Waals surface area contributed by atoms with Gasteiger partial charge in [0.1, 0.15) is 17.9 Å². The molecule has 0 saturated carbocycles. The van der Waals surface area contributed by atoms with Gasteiger partial charge in [0.15, 0.2) is 0 Å². The lowest BCUT2D eigenvalue weighted by atomic mass is 10.0. The van der Waals surface area contributed by atoms with Crippen LogP contribution in [0.3, 0.4) is 0 Å². The average molecular weight is 230 g/mol. The summed E-state index contributed by atoms with van der Waals surface area (Å²) in [5, 5.41) is 0. The summed E-state index contributed by atoms with van der Waals surface area (Å²) in [6.07, 6.45) is 0.733. The van der Waals surface area contributed by atoms with Gasteiger partial charge < -0.3 is 4.74 Å². The van der Waals surface area contributed by atoms with Gasteiger partial charge in [-0.1, -0.05) is 24.3 Å². The molecule has 0 amide bonds. The van der Waals surface area contributed by atoms with Gasteiger partial charge in [-0.05, 0) is 23.8 Å². The van der Waals surface area contributed by atoms with E-state index >= 15 is 0 Å². The maximum atomic E-state index is 13.8. The highest BCUT2D eigenvalue weighted by Gasteiger charge is 2.11. The SMILES string of the molecule is COc1cccc(F)c1-c1cccc(C=O)c1. The van der Waals surface area contributed by atoms with E-state index in [1.165, 1.54) is 13.2 Å². The quantitative estimate of drug-likeness (QED) is 0.756. The number of rotatable bonds is 3. The van der Waals surface area contributed by atoms with Crippen LogP contribution in [-0.4, -0.2) is 13.4 Å². The van der Waals surface area contributed by atoms with Crippen LogP contribution in [0, 0.1) is 5.82 Å². The molecule has 0 aliphatic rings. The molecule has 2 rings (SSSR count). The largest absolute Gasteiger partial charge is 0.496 e. The van der Waals surface area contributed by atoms with E-state index in [4.69, 9.17) is 4.74 Å². The maximum Gasteiger partial charge on any atom is 0.150 e. The van der Waals surface area contributed by atoms with Crippen LogP contribution in [0.1, 0.15) is 10.4 Å². The molecule has 2 aromatic rings. The van der Waals surface area contributed by atoms with Crippen LogP contribution >= 0.6 is 0 Å². The van der Waals surface area contributed by atoms with E-state index in [9.17, 15) is 9.18 Å². The lowest BCUT2D eigenvalue weighted by molar-refractivity contribution is 0.112. The Morgan fingerprint density at radius 2 is 1.94 bits per heavy atom. The zero-order valence-electron chi connectivity index (χ0n) is 9.31. The number of aldehydes is 1. The first-order valence-electron chi connectivity index (χ1n) is 5.14. The Morgan fingerprint density at radius 1 is 1.18 bits per heavy atom. The van der Waals surface area contributed by atoms with E-state index in [1.807, 2.05) is 0 Å². The molecule has 0 aromatic heterocycles. The van der Waals surface area contributed by atoms with Crippen molar-refractivity contribution in [3.8, 4) is 16.9 Å². The van der Waals surface area contributed by atoms with Gasteiger partial charge in [0.25, 0.3) is 0 Å². The third-order valence-electron chi connectivity index (χ3n) is 2.51. The van der Waals surface area contributed by atoms with Crippen molar-refractivity contribution >= 4 is 6.29 Å². The van der Waals surface area contributed by atoms with E-state index < -0.39 is 0 Å². The van der Waals surface area contributed by atoms with Gasteiger partial charge in [0.2, 0.25) is 0 Å². The predicted molar refractivity (Wildman–Crippen MR) is 63.8 cm³/mol. The second-order valence-electron chi connectivity index (χ2n) is 3.56. The maximum absolute atomic E-state index is 13.8. The number of ether oxygens (including phenoxy) is 1. The second-order valence-corrected chi connectivity index (χ2v) is 3.56. The molecule has 0 heterocycles. The van der Waals surface area contributed by atoms with Crippen molar-refractivity contribution in [2.24, 2.45) is 0 Å². The molecule has 0 fully saturated rings. The Labute approximate surface area is 98.7 Å². The van der Waals surface area contributed by atoms with E-state index in [0.717, 1.165) is 6.29 Å². The minimum Gasteiger partial charge on any atom is -0.496 e. The molecule has 0 radical (unpaired) electrons. The normalized spacial score (nSPS) is 10.0. The molecule has 0 spiro atoms. The Balaban J connectivity index is 2.62. The number of hydrogen-bond donors (Lipinski definition) is 0. The minimum atomic E-state index is -0.368. The summed E-state index contributed by atoms with van der Waals surface area (Å²) in [5.74, 6) is 0.0837. The first kappa shape index (κ1) is 11.3. The summed E-state index contributed by atoms with van der Waals surface area (Å²) >= 11 is 0. The standard InChI is InChI=1S/C14H11FO2/c1-17-13-7-3-6-12(15)14(13)11-5-2-4-10(8-11)9-16/h2-9H,1H3. The van der Waals surface area contributed by atoms with Gasteiger partial charge in [-0.2, -0.15) is 0 Å². The highest BCUT2D eigenvalue weighted by atomic mass is 19.1. The molecule has 86 valence electrons. The first-order chi connectivity index (χ1) is 8.26. The Bertz CT molecular complexity index is 550. The van der Waals surface area contributed by atoms with Gasteiger partial charge >= 0.3 is 0 Å². The third kappa shape index (κ3) is 2.18. The number of hydrogen-bond acceptors (Lipinski definition) is 2. The van der Waals surface area contributed by atoms with Gasteiger partial charge in [-0.15, -0.1) is 0 Å². The van der Waals surface area contributed by atoms with Crippen molar-refractivity contribution in [3.63, 3.8) is 0 Å². The van der Waals surface area contributed by atoms with E-state index in [1.54, 1.807) is 36.4 Å². The summed E-state index contributed by atoms with van der Waals surface area (Å²) in [6.45, 7) is 0. The molecule has 0 aliphatic carbocycles. The first-order valence-corrected chi connectivity index (χ1v) is 5.14. The summed E-state index contributed by atoms with van der Waals surface area (Å²) in [4.78, 5) is 10.7. The van der Waals surface area contributed by atoms with Gasteiger partial charge in [0, 0.05) is 5.56 Å². The number of benzene rings is 2. The lowest BCUT2D eigenvalue weighted by Crippen LogP contribution is -1.92. The molecule has 2 aromatic carbocycles. The molecule has 2 nitrogen and oxygen atoms in total. The molecule has 3 heteroatoms. The van der Waals surface area contributed by atoms with Gasteiger partial charge in [-0.25, -0.2) is 4.39 Å². The fraction of sp³-hybridized carbons (Fsp3) is 0.0714. The monoisotopic (exact) mass is 230 g/mol. The summed E-state index contributed by atoms with van der Waals surface area (Å²) < 4.78 is 18.9.